The molecular formula is C96H118ClF2N13O19S. The molecule has 1 aliphatic heterocycles. The summed E-state index contributed by atoms with van der Waals surface area (Å²) < 4.78 is 35.3. The predicted molar refractivity (Wildman–Crippen MR) is 490 cm³/mol. The number of ketones is 3. The molecule has 7 aromatic rings. The van der Waals surface area contributed by atoms with Gasteiger partial charge in [0, 0.05) is 128 Å². The molecule has 0 radical (unpaired) electrons. The number of nitrogens with one attached hydrogen (secondary N) is 7. The van der Waals surface area contributed by atoms with Gasteiger partial charge in [-0.25, -0.2) is 8.78 Å². The number of likely N-dealkylation sites (N-methyl/N-ethyl adjacent to an activating group) is 5. The van der Waals surface area contributed by atoms with Gasteiger partial charge in [0.05, 0.1) is 35.8 Å². The SMILES string of the molecule is CCCC[C@H]1C(=O)N(C)CC(=O)C[C@@H](COC=O)C(=O)C[C@@H](C(C)C)C(=O)N(C)[C@@H](Cc2ccccc2)C(=O)N[C@@H](Cc2ccc(O)cc2)C(=O)N(C)CC(=O)N[C@@H](Cc2c[nH]c3ccccc23)C(=O)N[C@@H](Cc2ccc(O)cc2)C(=O)N[C@@H](CC(C)C)C(=O)N[C@H](C(=O)CCC(N)=O)CSCC(=O)N[C@@H](Cc2cc(F)c(F)c(Cl)c2)C(=O)N(C)[C@@H](Cc2ccccc2)C(=O)N1C. The summed E-state index contributed by atoms with van der Waals surface area (Å²) in [5.41, 5.74) is 8.41. The highest BCUT2D eigenvalue weighted by atomic mass is 35.5. The number of phenolic OH excluding ortho intramolecular Hbond substituents is 2. The number of nitrogens with zero attached hydrogens (tertiary/aromatic N) is 5. The summed E-state index contributed by atoms with van der Waals surface area (Å²) in [5.74, 6) is -20.7. The molecule has 0 bridgehead atoms. The second kappa shape index (κ2) is 50.5. The Kier molecular flexibility index (Phi) is 39.9. The highest BCUT2D eigenvalue weighted by Crippen LogP contribution is 2.29. The minimum Gasteiger partial charge on any atom is -0.508 e. The molecule has 132 heavy (non-hydrogen) atoms. The van der Waals surface area contributed by atoms with Crippen molar-refractivity contribution in [3.05, 3.63) is 202 Å². The largest absolute Gasteiger partial charge is 0.508 e. The number of amides is 12. The van der Waals surface area contributed by atoms with E-state index in [1.165, 1.54) is 83.8 Å². The summed E-state index contributed by atoms with van der Waals surface area (Å²) in [5, 5.41) is 37.1. The number of thioether (sulfide) groups is 1. The number of aromatic nitrogens is 1. The van der Waals surface area contributed by atoms with Crippen LogP contribution in [0, 0.1) is 35.3 Å². The van der Waals surface area contributed by atoms with Crippen molar-refractivity contribution in [2.24, 2.45) is 29.4 Å². The Morgan fingerprint density at radius 3 is 1.64 bits per heavy atom. The monoisotopic (exact) mass is 1860 g/mol. The quantitative estimate of drug-likeness (QED) is 0.0219. The van der Waals surface area contributed by atoms with Crippen molar-refractivity contribution >= 4 is 129 Å². The summed E-state index contributed by atoms with van der Waals surface area (Å²) in [7, 11) is 6.49. The fourth-order valence-corrected chi connectivity index (χ4v) is 16.8. The van der Waals surface area contributed by atoms with E-state index in [9.17, 15) is 48.2 Å². The first-order valence-electron chi connectivity index (χ1n) is 43.6. The number of benzene rings is 6. The van der Waals surface area contributed by atoms with Gasteiger partial charge in [0.15, 0.2) is 23.2 Å². The number of carbonyl (C=O) groups is 16. The molecule has 6 aromatic carbocycles. The zero-order valence-electron chi connectivity index (χ0n) is 75.6. The van der Waals surface area contributed by atoms with E-state index in [1.807, 2.05) is 6.92 Å². The highest BCUT2D eigenvalue weighted by Gasteiger charge is 2.43. The van der Waals surface area contributed by atoms with E-state index in [0.29, 0.717) is 51.6 Å². The molecule has 11 atom stereocenters. The van der Waals surface area contributed by atoms with Crippen molar-refractivity contribution in [2.45, 2.75) is 179 Å². The number of ether oxygens (including phenoxy) is 1. The topological polar surface area (TPSA) is 453 Å². The van der Waals surface area contributed by atoms with Crippen molar-refractivity contribution in [1.82, 2.24) is 61.4 Å². The molecule has 2 heterocycles. The van der Waals surface area contributed by atoms with E-state index >= 15 is 47.5 Å². The predicted octanol–water partition coefficient (Wildman–Crippen LogP) is 6.37. The Morgan fingerprint density at radius 1 is 0.545 bits per heavy atom. The molecular weight excluding hydrogens is 1740 g/mol. The van der Waals surface area contributed by atoms with Crippen LogP contribution in [0.1, 0.15) is 119 Å². The van der Waals surface area contributed by atoms with Crippen LogP contribution < -0.4 is 37.6 Å². The van der Waals surface area contributed by atoms with Gasteiger partial charge < -0.3 is 82.1 Å². The number of aromatic amines is 1. The van der Waals surface area contributed by atoms with Crippen molar-refractivity contribution in [3.8, 4) is 11.5 Å². The van der Waals surface area contributed by atoms with E-state index in [4.69, 9.17) is 22.1 Å². The van der Waals surface area contributed by atoms with Crippen molar-refractivity contribution in [2.75, 3.05) is 66.4 Å². The van der Waals surface area contributed by atoms with Gasteiger partial charge in [-0.3, -0.25) is 76.7 Å². The number of H-pyrrole nitrogens is 1. The summed E-state index contributed by atoms with van der Waals surface area (Å²) >= 11 is 6.93. The van der Waals surface area contributed by atoms with E-state index < -0.39 is 240 Å². The fourth-order valence-electron chi connectivity index (χ4n) is 15.7. The number of halogens is 3. The van der Waals surface area contributed by atoms with Crippen LogP contribution in [0.3, 0.4) is 0 Å². The number of hydrogen-bond acceptors (Lipinski definition) is 20. The second-order valence-electron chi connectivity index (χ2n) is 34.1. The Bertz CT molecular complexity index is 5200. The molecule has 12 amide bonds. The maximum absolute atomic E-state index is 15.6. The molecule has 0 spiro atoms. The Labute approximate surface area is 774 Å². The number of rotatable bonds is 25. The first-order chi connectivity index (χ1) is 62.7. The zero-order valence-corrected chi connectivity index (χ0v) is 77.2. The van der Waals surface area contributed by atoms with Gasteiger partial charge in [-0.15, -0.1) is 11.8 Å². The van der Waals surface area contributed by atoms with Crippen LogP contribution in [0.4, 0.5) is 8.78 Å². The standard InChI is InChI=1S/C96H118ClF2N13O19S/c1-11-12-27-79-95(129)108(6)50-67(116)46-64(52-131-55-113)83(118)48-69(57(4)5)92(126)111(9)80(44-58-21-15-13-16-22-58)91(125)106-76(42-61-30-34-66(115)35-31-61)93(127)109(7)51-85(120)102-75(47-63-49-101-72-26-20-19-25-68(63)72)90(124)105-74(41-60-28-32-65(114)33-29-60)89(123)104-73(38-56(2)3)88(122)107-78(82(117)36-37-84(100)119)53-132-54-86(121)103-77(43-62-39-70(97)87(99)71(98)40-62)94(128)112(10)81(96(130)110(79)8)45-59-23-17-14-18-24-59/h13-26,28-35,39-40,49,55-57,64,69,73-81,101,114-115H,11-12,27,36-38,41-48,50-54H2,1-10H3,(H2,100,119)(H,102,120)(H,103,121)(H,104,123)(H,105,124)(H,106,125)(H,107,122)/t64-,69-,73-,74-,75-,76-,77-,78-,79-,80-,81-/m0/s1. The van der Waals surface area contributed by atoms with Gasteiger partial charge in [0.25, 0.3) is 6.47 Å². The number of aromatic hydroxyl groups is 2. The Morgan fingerprint density at radius 2 is 1.06 bits per heavy atom. The molecule has 0 saturated carbocycles. The number of fused-ring (bicyclic) bond motifs is 1. The van der Waals surface area contributed by atoms with Crippen molar-refractivity contribution < 1.29 is 100 Å². The smallest absolute Gasteiger partial charge is 0.293 e. The van der Waals surface area contributed by atoms with Gasteiger partial charge >= 0.3 is 0 Å². The average molecular weight is 1860 g/mol. The first kappa shape index (κ1) is 104. The third-order valence-corrected chi connectivity index (χ3v) is 24.4. The second-order valence-corrected chi connectivity index (χ2v) is 35.6. The Balaban J connectivity index is 1.22. The summed E-state index contributed by atoms with van der Waals surface area (Å²) in [6.07, 6.45) is -1.74. The van der Waals surface area contributed by atoms with Crippen LogP contribution in [-0.4, -0.2) is 255 Å². The van der Waals surface area contributed by atoms with E-state index in [1.54, 1.807) is 119 Å². The minimum atomic E-state index is -1.73. The number of phenols is 2. The van der Waals surface area contributed by atoms with Gasteiger partial charge in [0.1, 0.15) is 72.2 Å². The van der Waals surface area contributed by atoms with Gasteiger partial charge in [-0.05, 0) is 101 Å². The highest BCUT2D eigenvalue weighted by molar-refractivity contribution is 8.00. The molecule has 8 rings (SSSR count). The number of unbranched alkanes of at least 4 members (excludes halogenated alkanes) is 1. The van der Waals surface area contributed by atoms with Crippen LogP contribution in [0.5, 0.6) is 11.5 Å². The van der Waals surface area contributed by atoms with Crippen LogP contribution >= 0.6 is 23.4 Å². The van der Waals surface area contributed by atoms with Crippen LogP contribution in [-0.2, 0) is 120 Å². The number of nitrogens with two attached hydrogens (primary N) is 1. The molecule has 11 N–H and O–H groups in total. The van der Waals surface area contributed by atoms with E-state index in [-0.39, 0.29) is 74.4 Å². The number of primary amides is 1. The molecule has 32 nitrogen and oxygen atoms in total. The summed E-state index contributed by atoms with van der Waals surface area (Å²) in [6.45, 7) is 6.55. The lowest BCUT2D eigenvalue weighted by Gasteiger charge is -2.37. The lowest BCUT2D eigenvalue weighted by molar-refractivity contribution is -0.151. The number of Topliss-reactive ketones (excluding diaryl/α,β-unsaturated/α-hetero) is 3. The molecule has 0 unspecified atom stereocenters. The molecule has 1 aromatic heterocycles. The van der Waals surface area contributed by atoms with Crippen LogP contribution in [0.2, 0.25) is 5.02 Å². The lowest BCUT2D eigenvalue weighted by Crippen LogP contribution is -2.59. The maximum Gasteiger partial charge on any atom is 0.293 e. The molecule has 1 saturated heterocycles. The van der Waals surface area contributed by atoms with Gasteiger partial charge in [-0.2, -0.15) is 0 Å². The number of hydrogen-bond donors (Lipinski definition) is 10. The molecule has 36 heteroatoms. The maximum atomic E-state index is 15.6. The molecule has 1 aliphatic rings. The van der Waals surface area contributed by atoms with Crippen molar-refractivity contribution in [3.63, 3.8) is 0 Å². The van der Waals surface area contributed by atoms with E-state index in [2.05, 4.69) is 36.9 Å². The van der Waals surface area contributed by atoms with Gasteiger partial charge in [0.2, 0.25) is 70.9 Å². The van der Waals surface area contributed by atoms with Crippen LogP contribution in [0.15, 0.2) is 152 Å². The average Bonchev–Trinajstić information content (AvgIpc) is 1.02. The van der Waals surface area contributed by atoms with Gasteiger partial charge in [-0.1, -0.05) is 162 Å². The molecule has 708 valence electrons. The zero-order chi connectivity index (χ0) is 96.7. The molecule has 1 fully saturated rings. The number of carbonyl (C=O) groups excluding carboxylic acids is 16. The molecule has 0 aliphatic carbocycles. The first-order valence-corrected chi connectivity index (χ1v) is 45.2. The third kappa shape index (κ3) is 30.9. The normalized spacial score (nSPS) is 21.8. The van der Waals surface area contributed by atoms with Crippen molar-refractivity contribution in [1.29, 1.82) is 0 Å². The van der Waals surface area contributed by atoms with E-state index in [0.717, 1.165) is 48.4 Å². The number of para-hydroxylation sites is 1. The summed E-state index contributed by atoms with van der Waals surface area (Å²) in [4.78, 5) is 244. The summed E-state index contributed by atoms with van der Waals surface area (Å²) in [6, 6.07) is 23.2. The fraction of sp³-hybridized carbons (Fsp3) is 0.438. The Hall–Kier alpha value is -12.9. The third-order valence-electron chi connectivity index (χ3n) is 23.1. The minimum absolute atomic E-state index is 0.00573. The van der Waals surface area contributed by atoms with Crippen LogP contribution in [0.25, 0.3) is 10.9 Å². The lowest BCUT2D eigenvalue weighted by atomic mass is 9.84.